The molecule has 1 saturated heterocycles. The van der Waals surface area contributed by atoms with Crippen LogP contribution in [-0.2, 0) is 28.7 Å². The highest BCUT2D eigenvalue weighted by molar-refractivity contribution is 6.00. The van der Waals surface area contributed by atoms with Crippen LogP contribution < -0.4 is 10.6 Å². The summed E-state index contributed by atoms with van der Waals surface area (Å²) >= 11 is 0. The van der Waals surface area contributed by atoms with Crippen molar-refractivity contribution in [3.63, 3.8) is 0 Å². The van der Waals surface area contributed by atoms with E-state index in [0.717, 1.165) is 51.4 Å². The number of hydrogen-bond donors (Lipinski definition) is 6. The maximum atomic E-state index is 13.2. The van der Waals surface area contributed by atoms with Gasteiger partial charge in [-0.05, 0) is 25.7 Å². The van der Waals surface area contributed by atoms with Gasteiger partial charge in [0.1, 0.15) is 25.3 Å². The molecule has 1 heterocycles. The van der Waals surface area contributed by atoms with Crippen molar-refractivity contribution in [2.75, 3.05) is 52.5 Å². The van der Waals surface area contributed by atoms with Crippen LogP contribution in [0.1, 0.15) is 323 Å². The van der Waals surface area contributed by atoms with Crippen LogP contribution >= 0.6 is 0 Å². The molecule has 1 rings (SSSR count). The lowest BCUT2D eigenvalue weighted by atomic mass is 10.0. The van der Waals surface area contributed by atoms with Gasteiger partial charge in [0.2, 0.25) is 11.8 Å². The number of carbonyl (C=O) groups is 4. The molecule has 1 fully saturated rings. The fraction of sp³-hybridized carbons (Fsp3) is 0.941. The summed E-state index contributed by atoms with van der Waals surface area (Å²) in [6.45, 7) is 11.0. The van der Waals surface area contributed by atoms with Gasteiger partial charge >= 0.3 is 11.9 Å². The van der Waals surface area contributed by atoms with Crippen LogP contribution in [0, 0.1) is 0 Å². The zero-order valence-electron chi connectivity index (χ0n) is 53.8. The lowest BCUT2D eigenvalue weighted by Crippen LogP contribution is -2.62. The highest BCUT2D eigenvalue weighted by Crippen LogP contribution is 2.18. The Bertz CT molecular complexity index is 1310. The third-order valence-electron chi connectivity index (χ3n) is 16.8. The van der Waals surface area contributed by atoms with Crippen molar-refractivity contribution in [1.29, 1.82) is 0 Å². The molecule has 0 aromatic carbocycles. The molecule has 0 bridgehead atoms. The van der Waals surface area contributed by atoms with Crippen LogP contribution in [0.25, 0.3) is 0 Å². The van der Waals surface area contributed by atoms with E-state index in [4.69, 9.17) is 9.47 Å². The van der Waals surface area contributed by atoms with Gasteiger partial charge in [-0.3, -0.25) is 29.0 Å². The summed E-state index contributed by atoms with van der Waals surface area (Å²) in [5.41, 5.74) is 0. The Morgan fingerprint density at radius 2 is 0.549 bits per heavy atom. The maximum absolute atomic E-state index is 13.2. The predicted molar refractivity (Wildman–Crippen MR) is 338 cm³/mol. The van der Waals surface area contributed by atoms with Gasteiger partial charge < -0.3 is 40.5 Å². The molecule has 82 heavy (non-hydrogen) atoms. The summed E-state index contributed by atoms with van der Waals surface area (Å²) in [5.74, 6) is -2.52. The molecule has 0 aromatic rings. The van der Waals surface area contributed by atoms with Crippen molar-refractivity contribution in [2.24, 2.45) is 0 Å². The van der Waals surface area contributed by atoms with Gasteiger partial charge in [0.25, 0.3) is 0 Å². The number of hydrogen-bond acceptors (Lipinski definition) is 12. The number of unbranched alkanes of at least 4 members (excludes halogenated alkanes) is 36. The summed E-state index contributed by atoms with van der Waals surface area (Å²) in [4.78, 5) is 56.5. The standard InChI is InChI=1S/C68H132N4O10/c1-5-9-13-17-21-25-29-33-37-41-45-59(73)55-71(56-60(74)46-42-38-34-30-26-22-18-14-10-6-2)49-51-81-65(77)53-63-67(79)70-64(68(80)69-63)54-66(78)82-52-50-72(57-61(75)47-43-39-35-31-27-23-19-15-11-7-3)58-62(76)48-44-40-36-32-28-24-20-16-12-8-4/h59-64,73-76H,5-58H2,1-4H3,(H,69,80)(H,70,79). The zero-order chi connectivity index (χ0) is 59.9. The number of aliphatic hydroxyl groups is 4. The van der Waals surface area contributed by atoms with E-state index in [2.05, 4.69) is 38.3 Å². The van der Waals surface area contributed by atoms with Crippen molar-refractivity contribution >= 4 is 23.8 Å². The van der Waals surface area contributed by atoms with E-state index in [0.29, 0.717) is 65.0 Å². The number of amides is 2. The average molecular weight is 1170 g/mol. The summed E-state index contributed by atoms with van der Waals surface area (Å²) in [6.07, 6.45) is 48.5. The van der Waals surface area contributed by atoms with Crippen molar-refractivity contribution in [3.05, 3.63) is 0 Å². The molecule has 14 nitrogen and oxygen atoms in total. The second kappa shape index (κ2) is 56.4. The van der Waals surface area contributed by atoms with Gasteiger partial charge in [-0.1, -0.05) is 285 Å². The van der Waals surface area contributed by atoms with Crippen LogP contribution in [0.15, 0.2) is 0 Å². The number of esters is 2. The van der Waals surface area contributed by atoms with Crippen LogP contribution in [0.4, 0.5) is 0 Å². The van der Waals surface area contributed by atoms with E-state index in [1.54, 1.807) is 0 Å². The van der Waals surface area contributed by atoms with E-state index >= 15 is 0 Å². The number of nitrogens with zero attached hydrogens (tertiary/aromatic N) is 2. The molecular weight excluding hydrogens is 1030 g/mol. The summed E-state index contributed by atoms with van der Waals surface area (Å²) in [5, 5.41) is 49.4. The fourth-order valence-corrected chi connectivity index (χ4v) is 11.5. The Balaban J connectivity index is 2.65. The maximum Gasteiger partial charge on any atom is 0.308 e. The number of rotatable bonds is 62. The summed E-state index contributed by atoms with van der Waals surface area (Å²) in [7, 11) is 0. The summed E-state index contributed by atoms with van der Waals surface area (Å²) < 4.78 is 11.1. The molecule has 0 aliphatic carbocycles. The Kier molecular flexibility index (Phi) is 53.5. The first-order chi connectivity index (χ1) is 39.9. The molecule has 14 heteroatoms. The van der Waals surface area contributed by atoms with Gasteiger partial charge in [0.15, 0.2) is 0 Å². The normalized spacial score (nSPS) is 16.1. The van der Waals surface area contributed by atoms with Crippen molar-refractivity contribution in [2.45, 2.75) is 360 Å². The lowest BCUT2D eigenvalue weighted by Gasteiger charge is -2.29. The van der Waals surface area contributed by atoms with Gasteiger partial charge in [0, 0.05) is 39.3 Å². The lowest BCUT2D eigenvalue weighted by molar-refractivity contribution is -0.151. The second-order valence-corrected chi connectivity index (χ2v) is 25.0. The number of nitrogens with one attached hydrogen (secondary N) is 2. The van der Waals surface area contributed by atoms with E-state index in [9.17, 15) is 39.6 Å². The third kappa shape index (κ3) is 47.8. The molecule has 0 spiro atoms. The van der Waals surface area contributed by atoms with Gasteiger partial charge in [-0.15, -0.1) is 0 Å². The topological polar surface area (TPSA) is 198 Å². The molecule has 1 aliphatic heterocycles. The molecule has 0 radical (unpaired) electrons. The van der Waals surface area contributed by atoms with Crippen LogP contribution in [-0.4, -0.2) is 143 Å². The van der Waals surface area contributed by atoms with Gasteiger partial charge in [0.05, 0.1) is 37.3 Å². The van der Waals surface area contributed by atoms with Gasteiger partial charge in [-0.25, -0.2) is 0 Å². The minimum Gasteiger partial charge on any atom is -0.464 e. The predicted octanol–water partition coefficient (Wildman–Crippen LogP) is 14.1. The summed E-state index contributed by atoms with van der Waals surface area (Å²) in [6, 6.07) is -2.33. The Hall–Kier alpha value is -2.36. The number of carbonyl (C=O) groups excluding carboxylic acids is 4. The molecule has 1 aliphatic rings. The van der Waals surface area contributed by atoms with E-state index in [-0.39, 0.29) is 26.1 Å². The third-order valence-corrected chi connectivity index (χ3v) is 16.8. The van der Waals surface area contributed by atoms with Gasteiger partial charge in [-0.2, -0.15) is 0 Å². The minimum absolute atomic E-state index is 0.000396. The van der Waals surface area contributed by atoms with E-state index < -0.39 is 60.3 Å². The molecule has 6 unspecified atom stereocenters. The Morgan fingerprint density at radius 1 is 0.354 bits per heavy atom. The SMILES string of the molecule is CCCCCCCCCCCCC(O)CN(CCOC(=O)CC1NC(=O)C(CC(=O)OCCN(CC(O)CCCCCCCCCCCC)CC(O)CCCCCCCCCCCC)NC1=O)CC(O)CCCCCCCCCCCC. The molecule has 6 atom stereocenters. The van der Waals surface area contributed by atoms with E-state index in [1.165, 1.54) is 205 Å². The molecule has 6 N–H and O–H groups in total. The smallest absolute Gasteiger partial charge is 0.308 e. The monoisotopic (exact) mass is 1160 g/mol. The van der Waals surface area contributed by atoms with Crippen LogP contribution in [0.5, 0.6) is 0 Å². The van der Waals surface area contributed by atoms with E-state index in [1.807, 2.05) is 9.80 Å². The Morgan fingerprint density at radius 3 is 0.756 bits per heavy atom. The number of piperazine rings is 1. The number of ether oxygens (including phenoxy) is 2. The number of aliphatic hydroxyl groups excluding tert-OH is 4. The average Bonchev–Trinajstić information content (AvgIpc) is 3.44. The minimum atomic E-state index is -1.17. The first kappa shape index (κ1) is 77.7. The Labute approximate surface area is 503 Å². The highest BCUT2D eigenvalue weighted by atomic mass is 16.5. The quantitative estimate of drug-likeness (QED) is 0.0249. The largest absolute Gasteiger partial charge is 0.464 e. The fourth-order valence-electron chi connectivity index (χ4n) is 11.5. The first-order valence-corrected chi connectivity index (χ1v) is 35.0. The van der Waals surface area contributed by atoms with Crippen LogP contribution in [0.3, 0.4) is 0 Å². The van der Waals surface area contributed by atoms with Crippen molar-refractivity contribution in [3.8, 4) is 0 Å². The zero-order valence-corrected chi connectivity index (χ0v) is 53.8. The van der Waals surface area contributed by atoms with Crippen molar-refractivity contribution < 1.29 is 49.1 Å². The molecule has 0 saturated carbocycles. The highest BCUT2D eigenvalue weighted by Gasteiger charge is 2.36. The van der Waals surface area contributed by atoms with Crippen molar-refractivity contribution in [1.82, 2.24) is 20.4 Å². The molecule has 484 valence electrons. The first-order valence-electron chi connectivity index (χ1n) is 35.0. The molecule has 0 aromatic heterocycles. The molecule has 2 amide bonds. The van der Waals surface area contributed by atoms with Crippen LogP contribution in [0.2, 0.25) is 0 Å². The second-order valence-electron chi connectivity index (χ2n) is 25.0. The molecular formula is C68H132N4O10.